The number of carbonyl (C=O) groups excluding carboxylic acids is 1. The molecule has 2 N–H and O–H groups in total. The van der Waals surface area contributed by atoms with Crippen LogP contribution >= 0.6 is 0 Å². The summed E-state index contributed by atoms with van der Waals surface area (Å²) in [7, 11) is 1.59. The van der Waals surface area contributed by atoms with E-state index in [9.17, 15) is 4.79 Å². The van der Waals surface area contributed by atoms with E-state index < -0.39 is 5.60 Å². The molecule has 1 aromatic rings. The number of benzene rings is 1. The fourth-order valence-corrected chi connectivity index (χ4v) is 2.16. The Balaban J connectivity index is 2.19. The summed E-state index contributed by atoms with van der Waals surface area (Å²) in [4.78, 5) is 13.7. The number of anilines is 1. The first-order chi connectivity index (χ1) is 8.81. The Labute approximate surface area is 113 Å². The molecule has 0 radical (unpaired) electrons. The number of hydrogen-bond donors (Lipinski definition) is 1. The minimum atomic E-state index is -0.491. The Morgan fingerprint density at radius 2 is 2.00 bits per heavy atom. The van der Waals surface area contributed by atoms with Crippen molar-refractivity contribution in [1.29, 1.82) is 0 Å². The molecule has 2 rings (SSSR count). The molecule has 104 valence electrons. The number of fused-ring (bicyclic) bond motifs is 1. The summed E-state index contributed by atoms with van der Waals surface area (Å²) in [5.74, 6) is 0.656. The van der Waals surface area contributed by atoms with E-state index in [4.69, 9.17) is 15.2 Å². The first kappa shape index (κ1) is 13.5. The summed E-state index contributed by atoms with van der Waals surface area (Å²) < 4.78 is 10.7. The van der Waals surface area contributed by atoms with Gasteiger partial charge in [0.15, 0.2) is 0 Å². The summed E-state index contributed by atoms with van der Waals surface area (Å²) in [5, 5.41) is 0. The number of nitrogens with zero attached hydrogens (tertiary/aromatic N) is 1. The Morgan fingerprint density at radius 3 is 2.58 bits per heavy atom. The predicted molar refractivity (Wildman–Crippen MR) is 72.9 cm³/mol. The third-order valence-corrected chi connectivity index (χ3v) is 2.95. The molecule has 1 heterocycles. The SMILES string of the molecule is COc1c(N)ccc2c1CN(C(=O)OC(C)(C)C)C2. The second-order valence-electron chi connectivity index (χ2n) is 5.66. The van der Waals surface area contributed by atoms with Gasteiger partial charge in [0.25, 0.3) is 0 Å². The Bertz CT molecular complexity index is 506. The molecular weight excluding hydrogens is 244 g/mol. The summed E-state index contributed by atoms with van der Waals surface area (Å²) in [6.45, 7) is 6.56. The van der Waals surface area contributed by atoms with Gasteiger partial charge in [-0.25, -0.2) is 4.79 Å². The number of nitrogens with two attached hydrogens (primary N) is 1. The second-order valence-corrected chi connectivity index (χ2v) is 5.66. The molecule has 1 aromatic carbocycles. The van der Waals surface area contributed by atoms with Gasteiger partial charge < -0.3 is 15.2 Å². The lowest BCUT2D eigenvalue weighted by molar-refractivity contribution is 0.0241. The smallest absolute Gasteiger partial charge is 0.410 e. The number of carbonyl (C=O) groups is 1. The minimum Gasteiger partial charge on any atom is -0.494 e. The second kappa shape index (κ2) is 4.64. The third kappa shape index (κ3) is 2.75. The molecule has 19 heavy (non-hydrogen) atoms. The van der Waals surface area contributed by atoms with Crippen LogP contribution in [0.5, 0.6) is 5.75 Å². The number of amides is 1. The van der Waals surface area contributed by atoms with Crippen LogP contribution in [-0.4, -0.2) is 23.7 Å². The monoisotopic (exact) mass is 264 g/mol. The normalized spacial score (nSPS) is 14.2. The lowest BCUT2D eigenvalue weighted by Crippen LogP contribution is -2.33. The number of ether oxygens (including phenoxy) is 2. The maximum absolute atomic E-state index is 12.0. The number of nitrogen functional groups attached to an aromatic ring is 1. The first-order valence-corrected chi connectivity index (χ1v) is 6.24. The number of methoxy groups -OCH3 is 1. The molecule has 0 atom stereocenters. The number of hydrogen-bond acceptors (Lipinski definition) is 4. The van der Waals surface area contributed by atoms with Crippen molar-refractivity contribution in [3.63, 3.8) is 0 Å². The van der Waals surface area contributed by atoms with Gasteiger partial charge in [-0.3, -0.25) is 4.90 Å². The van der Waals surface area contributed by atoms with Crippen molar-refractivity contribution in [3.8, 4) is 5.75 Å². The van der Waals surface area contributed by atoms with Gasteiger partial charge in [0.1, 0.15) is 11.4 Å². The van der Waals surface area contributed by atoms with E-state index in [2.05, 4.69) is 0 Å². The van der Waals surface area contributed by atoms with Crippen molar-refractivity contribution in [2.75, 3.05) is 12.8 Å². The highest BCUT2D eigenvalue weighted by Gasteiger charge is 2.30. The molecular formula is C14H20N2O3. The largest absolute Gasteiger partial charge is 0.494 e. The van der Waals surface area contributed by atoms with E-state index in [0.29, 0.717) is 24.5 Å². The molecule has 0 aliphatic carbocycles. The van der Waals surface area contributed by atoms with Crippen molar-refractivity contribution >= 4 is 11.8 Å². The van der Waals surface area contributed by atoms with Gasteiger partial charge in [-0.1, -0.05) is 6.07 Å². The van der Waals surface area contributed by atoms with E-state index >= 15 is 0 Å². The molecule has 0 unspecified atom stereocenters. The minimum absolute atomic E-state index is 0.315. The fraction of sp³-hybridized carbons (Fsp3) is 0.500. The van der Waals surface area contributed by atoms with Gasteiger partial charge in [-0.15, -0.1) is 0 Å². The first-order valence-electron chi connectivity index (χ1n) is 6.24. The fourth-order valence-electron chi connectivity index (χ4n) is 2.16. The molecule has 0 bridgehead atoms. The maximum atomic E-state index is 12.0. The van der Waals surface area contributed by atoms with Gasteiger partial charge in [0.2, 0.25) is 0 Å². The molecule has 1 aliphatic rings. The average Bonchev–Trinajstić information content (AvgIpc) is 2.70. The van der Waals surface area contributed by atoms with Crippen molar-refractivity contribution in [3.05, 3.63) is 23.3 Å². The van der Waals surface area contributed by atoms with Crippen LogP contribution in [0.1, 0.15) is 31.9 Å². The van der Waals surface area contributed by atoms with Crippen LogP contribution in [0, 0.1) is 0 Å². The third-order valence-electron chi connectivity index (χ3n) is 2.95. The number of rotatable bonds is 1. The van der Waals surface area contributed by atoms with Crippen LogP contribution in [0.25, 0.3) is 0 Å². The Hall–Kier alpha value is -1.91. The van der Waals surface area contributed by atoms with Crippen LogP contribution < -0.4 is 10.5 Å². The Morgan fingerprint density at radius 1 is 1.32 bits per heavy atom. The highest BCUT2D eigenvalue weighted by Crippen LogP contribution is 2.35. The van der Waals surface area contributed by atoms with Crippen molar-refractivity contribution in [2.45, 2.75) is 39.5 Å². The van der Waals surface area contributed by atoms with E-state index in [1.165, 1.54) is 0 Å². The maximum Gasteiger partial charge on any atom is 0.410 e. The lowest BCUT2D eigenvalue weighted by Gasteiger charge is -2.24. The van der Waals surface area contributed by atoms with Crippen LogP contribution in [0.3, 0.4) is 0 Å². The van der Waals surface area contributed by atoms with Crippen molar-refractivity contribution in [2.24, 2.45) is 0 Å². The standard InChI is InChI=1S/C14H20N2O3/c1-14(2,3)19-13(17)16-7-9-5-6-11(15)12(18-4)10(9)8-16/h5-6H,7-8,15H2,1-4H3. The van der Waals surface area contributed by atoms with E-state index in [-0.39, 0.29) is 6.09 Å². The summed E-state index contributed by atoms with van der Waals surface area (Å²) in [5.41, 5.74) is 7.99. The molecule has 1 amide bonds. The molecule has 5 heteroatoms. The molecule has 1 aliphatic heterocycles. The topological polar surface area (TPSA) is 64.8 Å². The Kier molecular flexibility index (Phi) is 3.30. The zero-order valence-electron chi connectivity index (χ0n) is 11.8. The predicted octanol–water partition coefficient (Wildman–Crippen LogP) is 2.53. The van der Waals surface area contributed by atoms with E-state index in [1.807, 2.05) is 26.8 Å². The highest BCUT2D eigenvalue weighted by molar-refractivity contribution is 5.71. The van der Waals surface area contributed by atoms with E-state index in [1.54, 1.807) is 18.1 Å². The van der Waals surface area contributed by atoms with Gasteiger partial charge in [0, 0.05) is 12.1 Å². The zero-order valence-corrected chi connectivity index (χ0v) is 11.8. The van der Waals surface area contributed by atoms with Gasteiger partial charge in [0.05, 0.1) is 19.3 Å². The van der Waals surface area contributed by atoms with Crippen LogP contribution in [0.4, 0.5) is 10.5 Å². The summed E-state index contributed by atoms with van der Waals surface area (Å²) in [6, 6.07) is 3.73. The van der Waals surface area contributed by atoms with Crippen LogP contribution in [0.2, 0.25) is 0 Å². The van der Waals surface area contributed by atoms with Gasteiger partial charge >= 0.3 is 6.09 Å². The van der Waals surface area contributed by atoms with Crippen LogP contribution in [-0.2, 0) is 17.8 Å². The van der Waals surface area contributed by atoms with E-state index in [0.717, 1.165) is 11.1 Å². The highest BCUT2D eigenvalue weighted by atomic mass is 16.6. The van der Waals surface area contributed by atoms with Crippen molar-refractivity contribution < 1.29 is 14.3 Å². The summed E-state index contributed by atoms with van der Waals surface area (Å²) in [6.07, 6.45) is -0.315. The zero-order chi connectivity index (χ0) is 14.2. The summed E-state index contributed by atoms with van der Waals surface area (Å²) >= 11 is 0. The molecule has 0 saturated carbocycles. The quantitative estimate of drug-likeness (QED) is 0.792. The van der Waals surface area contributed by atoms with Gasteiger partial charge in [-0.05, 0) is 32.4 Å². The van der Waals surface area contributed by atoms with Gasteiger partial charge in [-0.2, -0.15) is 0 Å². The average molecular weight is 264 g/mol. The van der Waals surface area contributed by atoms with Crippen molar-refractivity contribution in [1.82, 2.24) is 4.90 Å². The molecule has 5 nitrogen and oxygen atoms in total. The molecule has 0 saturated heterocycles. The lowest BCUT2D eigenvalue weighted by atomic mass is 10.1. The molecule has 0 fully saturated rings. The van der Waals surface area contributed by atoms with Crippen LogP contribution in [0.15, 0.2) is 12.1 Å². The molecule has 0 spiro atoms. The molecule has 0 aromatic heterocycles.